The van der Waals surface area contributed by atoms with Crippen LogP contribution in [0.4, 0.5) is 23.3 Å². The molecule has 2 N–H and O–H groups in total. The quantitative estimate of drug-likeness (QED) is 0.180. The highest BCUT2D eigenvalue weighted by molar-refractivity contribution is 8.01. The van der Waals surface area contributed by atoms with E-state index >= 15 is 0 Å². The van der Waals surface area contributed by atoms with Gasteiger partial charge in [0.1, 0.15) is 5.75 Å². The second-order valence-electron chi connectivity index (χ2n) is 7.41. The van der Waals surface area contributed by atoms with Crippen LogP contribution < -0.4 is 15.4 Å². The third-order valence-corrected chi connectivity index (χ3v) is 7.84. The third kappa shape index (κ3) is 6.49. The number of ether oxygens (including phenoxy) is 1. The fraction of sp³-hybridized carbons (Fsp3) is 0.0833. The molecule has 0 saturated carbocycles. The van der Waals surface area contributed by atoms with Gasteiger partial charge < -0.3 is 15.4 Å². The Morgan fingerprint density at radius 3 is 1.97 bits per heavy atom. The lowest BCUT2D eigenvalue weighted by molar-refractivity contribution is 0.341. The Labute approximate surface area is 240 Å². The van der Waals surface area contributed by atoms with E-state index in [9.17, 15) is 0 Å². The molecule has 0 saturated heterocycles. The van der Waals surface area contributed by atoms with Gasteiger partial charge in [0.05, 0.1) is 38.2 Å². The third-order valence-electron chi connectivity index (χ3n) is 4.80. The van der Waals surface area contributed by atoms with Gasteiger partial charge >= 0.3 is 0 Å². The minimum atomic E-state index is 0.272. The first-order valence-corrected chi connectivity index (χ1v) is 13.9. The molecular weight excluding hydrogens is 594 g/mol. The largest absolute Gasteiger partial charge is 0.494 e. The Kier molecular flexibility index (Phi) is 8.09. The SMILES string of the molecule is CCOc1ccc2nc(Sc3nc(Nc4ccc(Cl)cc4Cl)nc(Nc4ccc(Cl)cc4Cl)n3)sc2c1. The number of nitrogens with one attached hydrogen (secondary N) is 2. The Bertz CT molecular complexity index is 1530. The smallest absolute Gasteiger partial charge is 0.233 e. The number of fused-ring (bicyclic) bond motifs is 1. The summed E-state index contributed by atoms with van der Waals surface area (Å²) in [6.07, 6.45) is 0. The predicted molar refractivity (Wildman–Crippen MR) is 154 cm³/mol. The summed E-state index contributed by atoms with van der Waals surface area (Å²) in [6, 6.07) is 16.0. The van der Waals surface area contributed by atoms with Crippen LogP contribution in [0, 0.1) is 0 Å². The average Bonchev–Trinajstić information content (AvgIpc) is 3.24. The number of hydrogen-bond donors (Lipinski definition) is 2. The molecule has 5 rings (SSSR count). The van der Waals surface area contributed by atoms with Crippen LogP contribution in [0.3, 0.4) is 0 Å². The van der Waals surface area contributed by atoms with Crippen molar-refractivity contribution in [2.75, 3.05) is 17.2 Å². The first-order chi connectivity index (χ1) is 17.9. The van der Waals surface area contributed by atoms with Gasteiger partial charge in [-0.15, -0.1) is 11.3 Å². The minimum absolute atomic E-state index is 0.272. The molecule has 0 amide bonds. The van der Waals surface area contributed by atoms with Gasteiger partial charge in [0.15, 0.2) is 4.34 Å². The van der Waals surface area contributed by atoms with E-state index in [1.165, 1.54) is 23.1 Å². The molecule has 188 valence electrons. The fourth-order valence-corrected chi connectivity index (χ4v) is 6.06. The summed E-state index contributed by atoms with van der Waals surface area (Å²) in [4.78, 5) is 18.3. The van der Waals surface area contributed by atoms with E-state index in [-0.39, 0.29) is 11.9 Å². The van der Waals surface area contributed by atoms with E-state index in [0.29, 0.717) is 43.2 Å². The van der Waals surface area contributed by atoms with Crippen LogP contribution in [0.2, 0.25) is 20.1 Å². The van der Waals surface area contributed by atoms with Gasteiger partial charge in [0.25, 0.3) is 0 Å². The molecule has 0 bridgehead atoms. The first kappa shape index (κ1) is 26.1. The van der Waals surface area contributed by atoms with Crippen LogP contribution in [0.15, 0.2) is 64.1 Å². The maximum Gasteiger partial charge on any atom is 0.233 e. The van der Waals surface area contributed by atoms with Gasteiger partial charge in [0.2, 0.25) is 17.1 Å². The highest BCUT2D eigenvalue weighted by Crippen LogP contribution is 2.36. The number of thiazole rings is 1. The molecule has 3 aromatic carbocycles. The fourth-order valence-electron chi connectivity index (χ4n) is 3.20. The number of halogens is 4. The molecule has 2 heterocycles. The molecule has 2 aromatic heterocycles. The molecule has 0 fully saturated rings. The lowest BCUT2D eigenvalue weighted by Crippen LogP contribution is -2.05. The average molecular weight is 610 g/mol. The minimum Gasteiger partial charge on any atom is -0.494 e. The van der Waals surface area contributed by atoms with Crippen molar-refractivity contribution in [2.45, 2.75) is 16.4 Å². The molecule has 0 spiro atoms. The van der Waals surface area contributed by atoms with Gasteiger partial charge in [-0.05, 0) is 73.3 Å². The molecule has 0 atom stereocenters. The Hall–Kier alpha value is -2.53. The molecule has 0 aliphatic heterocycles. The summed E-state index contributed by atoms with van der Waals surface area (Å²) in [5.41, 5.74) is 2.04. The topological polar surface area (TPSA) is 84.9 Å². The molecular formula is C24H16Cl4N6OS2. The van der Waals surface area contributed by atoms with Crippen molar-refractivity contribution < 1.29 is 4.74 Å². The molecule has 0 aliphatic carbocycles. The lowest BCUT2D eigenvalue weighted by atomic mass is 10.3. The maximum absolute atomic E-state index is 6.35. The Morgan fingerprint density at radius 1 is 0.784 bits per heavy atom. The highest BCUT2D eigenvalue weighted by atomic mass is 35.5. The van der Waals surface area contributed by atoms with Gasteiger partial charge in [0, 0.05) is 10.0 Å². The predicted octanol–water partition coefficient (Wildman–Crippen LogP) is 9.13. The summed E-state index contributed by atoms with van der Waals surface area (Å²) >= 11 is 27.6. The lowest BCUT2D eigenvalue weighted by Gasteiger charge is -2.11. The standard InChI is InChI=1S/C24H16Cl4N6OS2/c1-2-35-14-5-8-19-20(11-14)36-24(31-19)37-23-33-21(29-17-6-3-12(25)9-15(17)27)32-22(34-23)30-18-7-4-13(26)10-16(18)28/h3-11H,2H2,1H3,(H2,29,30,32,33,34). The maximum atomic E-state index is 6.35. The number of rotatable bonds is 8. The molecule has 0 unspecified atom stereocenters. The van der Waals surface area contributed by atoms with Gasteiger partial charge in [-0.1, -0.05) is 46.4 Å². The van der Waals surface area contributed by atoms with Crippen molar-refractivity contribution in [3.63, 3.8) is 0 Å². The van der Waals surface area contributed by atoms with Crippen molar-refractivity contribution in [3.8, 4) is 5.75 Å². The number of benzene rings is 3. The zero-order valence-electron chi connectivity index (χ0n) is 18.9. The molecule has 5 aromatic rings. The molecule has 7 nitrogen and oxygen atoms in total. The number of nitrogens with zero attached hydrogens (tertiary/aromatic N) is 4. The van der Waals surface area contributed by atoms with E-state index in [1.54, 1.807) is 36.4 Å². The zero-order chi connectivity index (χ0) is 25.9. The van der Waals surface area contributed by atoms with E-state index in [1.807, 2.05) is 25.1 Å². The number of aromatic nitrogens is 4. The van der Waals surface area contributed by atoms with Crippen LogP contribution in [0.1, 0.15) is 6.92 Å². The van der Waals surface area contributed by atoms with E-state index in [2.05, 4.69) is 25.6 Å². The van der Waals surface area contributed by atoms with Crippen LogP contribution in [0.5, 0.6) is 5.75 Å². The van der Waals surface area contributed by atoms with E-state index in [4.69, 9.17) is 56.1 Å². The second-order valence-corrected chi connectivity index (χ2v) is 11.3. The molecule has 0 radical (unpaired) electrons. The van der Waals surface area contributed by atoms with Crippen LogP contribution in [0.25, 0.3) is 10.2 Å². The number of hydrogen-bond acceptors (Lipinski definition) is 9. The summed E-state index contributed by atoms with van der Waals surface area (Å²) in [5, 5.41) is 8.56. The van der Waals surface area contributed by atoms with Crippen molar-refractivity contribution >= 4 is 103 Å². The van der Waals surface area contributed by atoms with Crippen LogP contribution in [-0.4, -0.2) is 26.5 Å². The summed E-state index contributed by atoms with van der Waals surface area (Å²) in [7, 11) is 0. The Balaban J connectivity index is 1.49. The summed E-state index contributed by atoms with van der Waals surface area (Å²) in [5.74, 6) is 1.34. The van der Waals surface area contributed by atoms with E-state index < -0.39 is 0 Å². The molecule has 37 heavy (non-hydrogen) atoms. The highest BCUT2D eigenvalue weighted by Gasteiger charge is 2.14. The normalized spacial score (nSPS) is 11.1. The van der Waals surface area contributed by atoms with Gasteiger partial charge in [-0.3, -0.25) is 0 Å². The zero-order valence-corrected chi connectivity index (χ0v) is 23.6. The van der Waals surface area contributed by atoms with E-state index in [0.717, 1.165) is 20.3 Å². The molecule has 0 aliphatic rings. The van der Waals surface area contributed by atoms with Gasteiger partial charge in [-0.25, -0.2) is 4.98 Å². The van der Waals surface area contributed by atoms with Crippen molar-refractivity contribution in [2.24, 2.45) is 0 Å². The summed E-state index contributed by atoms with van der Waals surface area (Å²) < 4.78 is 7.37. The monoisotopic (exact) mass is 608 g/mol. The van der Waals surface area contributed by atoms with Crippen LogP contribution in [-0.2, 0) is 0 Å². The van der Waals surface area contributed by atoms with Gasteiger partial charge in [-0.2, -0.15) is 15.0 Å². The van der Waals surface area contributed by atoms with Crippen LogP contribution >= 0.6 is 69.5 Å². The van der Waals surface area contributed by atoms with Crippen molar-refractivity contribution in [1.82, 2.24) is 19.9 Å². The molecule has 13 heteroatoms. The summed E-state index contributed by atoms with van der Waals surface area (Å²) in [6.45, 7) is 2.54. The first-order valence-electron chi connectivity index (χ1n) is 10.8. The van der Waals surface area contributed by atoms with Crippen molar-refractivity contribution in [3.05, 3.63) is 74.7 Å². The van der Waals surface area contributed by atoms with Crippen molar-refractivity contribution in [1.29, 1.82) is 0 Å². The Morgan fingerprint density at radius 2 is 1.41 bits per heavy atom. The second kappa shape index (κ2) is 11.5. The number of anilines is 4.